The Kier molecular flexibility index (Phi) is 5.42. The molecule has 2 amide bonds. The summed E-state index contributed by atoms with van der Waals surface area (Å²) in [5, 5.41) is 2.88. The SMILES string of the molecule is CC(C)CC1(C)C(=O)NCCN1C(=O)C(N)Cc1ccccc1. The minimum atomic E-state index is -0.822. The summed E-state index contributed by atoms with van der Waals surface area (Å²) in [6, 6.07) is 9.10. The molecule has 23 heavy (non-hydrogen) atoms. The molecule has 2 rings (SSSR count). The highest BCUT2D eigenvalue weighted by molar-refractivity contribution is 5.93. The fraction of sp³-hybridized carbons (Fsp3) is 0.556. The van der Waals surface area contributed by atoms with Gasteiger partial charge in [0.25, 0.3) is 0 Å². The van der Waals surface area contributed by atoms with Gasteiger partial charge >= 0.3 is 0 Å². The molecule has 1 heterocycles. The van der Waals surface area contributed by atoms with Crippen LogP contribution in [0.4, 0.5) is 0 Å². The van der Waals surface area contributed by atoms with E-state index in [9.17, 15) is 9.59 Å². The molecule has 1 fully saturated rings. The Labute approximate surface area is 138 Å². The van der Waals surface area contributed by atoms with Crippen LogP contribution in [0.5, 0.6) is 0 Å². The van der Waals surface area contributed by atoms with Gasteiger partial charge in [0.2, 0.25) is 11.8 Å². The van der Waals surface area contributed by atoms with Gasteiger partial charge in [0.05, 0.1) is 6.04 Å². The number of carbonyl (C=O) groups is 2. The van der Waals surface area contributed by atoms with Gasteiger partial charge in [-0.15, -0.1) is 0 Å². The van der Waals surface area contributed by atoms with Crippen LogP contribution in [0, 0.1) is 5.92 Å². The molecule has 1 aliphatic heterocycles. The molecule has 3 N–H and O–H groups in total. The van der Waals surface area contributed by atoms with Crippen LogP contribution in [0.15, 0.2) is 30.3 Å². The maximum absolute atomic E-state index is 12.9. The third-order valence-electron chi connectivity index (χ3n) is 4.39. The van der Waals surface area contributed by atoms with E-state index in [1.54, 1.807) is 4.90 Å². The number of piperazine rings is 1. The molecular formula is C18H27N3O2. The second-order valence-corrected chi connectivity index (χ2v) is 6.91. The van der Waals surface area contributed by atoms with Crippen LogP contribution in [-0.2, 0) is 16.0 Å². The predicted octanol–water partition coefficient (Wildman–Crippen LogP) is 1.32. The van der Waals surface area contributed by atoms with Crippen LogP contribution < -0.4 is 11.1 Å². The molecule has 1 aliphatic rings. The van der Waals surface area contributed by atoms with Gasteiger partial charge < -0.3 is 16.0 Å². The maximum atomic E-state index is 12.9. The third-order valence-corrected chi connectivity index (χ3v) is 4.39. The zero-order chi connectivity index (χ0) is 17.0. The molecular weight excluding hydrogens is 290 g/mol. The molecule has 2 atom stereocenters. The summed E-state index contributed by atoms with van der Waals surface area (Å²) in [4.78, 5) is 26.9. The molecule has 126 valence electrons. The first kappa shape index (κ1) is 17.5. The molecule has 5 heteroatoms. The minimum Gasteiger partial charge on any atom is -0.352 e. The molecule has 0 aromatic heterocycles. The average Bonchev–Trinajstić information content (AvgIpc) is 2.49. The zero-order valence-corrected chi connectivity index (χ0v) is 14.2. The summed E-state index contributed by atoms with van der Waals surface area (Å²) in [7, 11) is 0. The van der Waals surface area contributed by atoms with E-state index in [4.69, 9.17) is 5.73 Å². The van der Waals surface area contributed by atoms with E-state index < -0.39 is 11.6 Å². The van der Waals surface area contributed by atoms with E-state index in [1.807, 2.05) is 37.3 Å². The van der Waals surface area contributed by atoms with Gasteiger partial charge in [-0.1, -0.05) is 44.2 Å². The van der Waals surface area contributed by atoms with Gasteiger partial charge in [-0.2, -0.15) is 0 Å². The standard InChI is InChI=1S/C18H27N3O2/c1-13(2)12-18(3)17(23)20-9-10-21(18)16(22)15(19)11-14-7-5-4-6-8-14/h4-8,13,15H,9-12,19H2,1-3H3,(H,20,23). The second-order valence-electron chi connectivity index (χ2n) is 6.91. The van der Waals surface area contributed by atoms with Gasteiger partial charge in [-0.05, 0) is 31.2 Å². The van der Waals surface area contributed by atoms with Crippen molar-refractivity contribution in [1.82, 2.24) is 10.2 Å². The van der Waals surface area contributed by atoms with Gasteiger partial charge in [-0.3, -0.25) is 9.59 Å². The van der Waals surface area contributed by atoms with Crippen LogP contribution in [0.25, 0.3) is 0 Å². The Hall–Kier alpha value is -1.88. The summed E-state index contributed by atoms with van der Waals surface area (Å²) >= 11 is 0. The zero-order valence-electron chi connectivity index (χ0n) is 14.2. The third kappa shape index (κ3) is 3.91. The molecule has 1 aromatic carbocycles. The lowest BCUT2D eigenvalue weighted by molar-refractivity contribution is -0.152. The van der Waals surface area contributed by atoms with Crippen molar-refractivity contribution in [3.63, 3.8) is 0 Å². The lowest BCUT2D eigenvalue weighted by Crippen LogP contribution is -2.67. The molecule has 5 nitrogen and oxygen atoms in total. The van der Waals surface area contributed by atoms with Crippen LogP contribution in [0.1, 0.15) is 32.8 Å². The van der Waals surface area contributed by atoms with Crippen LogP contribution in [-0.4, -0.2) is 41.4 Å². The molecule has 0 radical (unpaired) electrons. The first-order valence-electron chi connectivity index (χ1n) is 8.24. The van der Waals surface area contributed by atoms with E-state index in [1.165, 1.54) is 0 Å². The minimum absolute atomic E-state index is 0.0855. The van der Waals surface area contributed by atoms with Crippen molar-refractivity contribution in [2.75, 3.05) is 13.1 Å². The van der Waals surface area contributed by atoms with Gasteiger partial charge in [0.15, 0.2) is 0 Å². The smallest absolute Gasteiger partial charge is 0.245 e. The molecule has 1 aromatic rings. The average molecular weight is 317 g/mol. The van der Waals surface area contributed by atoms with Gasteiger partial charge in [0.1, 0.15) is 5.54 Å². The largest absolute Gasteiger partial charge is 0.352 e. The van der Waals surface area contributed by atoms with E-state index in [0.29, 0.717) is 31.8 Å². The normalized spacial score (nSPS) is 22.8. The number of nitrogens with zero attached hydrogens (tertiary/aromatic N) is 1. The van der Waals surface area contributed by atoms with Gasteiger partial charge in [-0.25, -0.2) is 0 Å². The fourth-order valence-corrected chi connectivity index (χ4v) is 3.35. The lowest BCUT2D eigenvalue weighted by Gasteiger charge is -2.45. The van der Waals surface area contributed by atoms with E-state index in [2.05, 4.69) is 19.2 Å². The number of hydrogen-bond acceptors (Lipinski definition) is 3. The second kappa shape index (κ2) is 7.13. The Morgan fingerprint density at radius 2 is 2.00 bits per heavy atom. The topological polar surface area (TPSA) is 75.4 Å². The quantitative estimate of drug-likeness (QED) is 0.860. The maximum Gasteiger partial charge on any atom is 0.245 e. The highest BCUT2D eigenvalue weighted by Crippen LogP contribution is 2.27. The lowest BCUT2D eigenvalue weighted by atomic mass is 9.85. The van der Waals surface area contributed by atoms with Crippen molar-refractivity contribution in [2.45, 2.75) is 45.2 Å². The number of amides is 2. The van der Waals surface area contributed by atoms with Crippen LogP contribution in [0.3, 0.4) is 0 Å². The summed E-state index contributed by atoms with van der Waals surface area (Å²) in [6.45, 7) is 6.95. The van der Waals surface area contributed by atoms with Crippen molar-refractivity contribution in [3.8, 4) is 0 Å². The Bertz CT molecular complexity index is 559. The van der Waals surface area contributed by atoms with E-state index in [0.717, 1.165) is 5.56 Å². The van der Waals surface area contributed by atoms with Crippen molar-refractivity contribution in [2.24, 2.45) is 11.7 Å². The first-order valence-corrected chi connectivity index (χ1v) is 8.24. The molecule has 0 aliphatic carbocycles. The molecule has 0 bridgehead atoms. The number of carbonyl (C=O) groups excluding carboxylic acids is 2. The van der Waals surface area contributed by atoms with E-state index >= 15 is 0 Å². The molecule has 0 spiro atoms. The number of rotatable bonds is 5. The summed E-state index contributed by atoms with van der Waals surface area (Å²) in [5.41, 5.74) is 6.36. The number of benzene rings is 1. The van der Waals surface area contributed by atoms with E-state index in [-0.39, 0.29) is 11.8 Å². The molecule has 1 saturated heterocycles. The van der Waals surface area contributed by atoms with Crippen molar-refractivity contribution in [3.05, 3.63) is 35.9 Å². The first-order chi connectivity index (χ1) is 10.8. The highest BCUT2D eigenvalue weighted by Gasteiger charge is 2.45. The van der Waals surface area contributed by atoms with Crippen molar-refractivity contribution >= 4 is 11.8 Å². The number of hydrogen-bond donors (Lipinski definition) is 2. The number of nitrogens with two attached hydrogens (primary N) is 1. The van der Waals surface area contributed by atoms with Crippen molar-refractivity contribution < 1.29 is 9.59 Å². The Morgan fingerprint density at radius 3 is 2.61 bits per heavy atom. The monoisotopic (exact) mass is 317 g/mol. The van der Waals surface area contributed by atoms with Crippen molar-refractivity contribution in [1.29, 1.82) is 0 Å². The van der Waals surface area contributed by atoms with Crippen LogP contribution >= 0.6 is 0 Å². The molecule has 2 unspecified atom stereocenters. The fourth-order valence-electron chi connectivity index (χ4n) is 3.35. The molecule has 0 saturated carbocycles. The highest BCUT2D eigenvalue weighted by atomic mass is 16.2. The Balaban J connectivity index is 2.16. The number of nitrogens with one attached hydrogen (secondary N) is 1. The Morgan fingerprint density at radius 1 is 1.35 bits per heavy atom. The summed E-state index contributed by atoms with van der Waals surface area (Å²) < 4.78 is 0. The van der Waals surface area contributed by atoms with Crippen LogP contribution in [0.2, 0.25) is 0 Å². The summed E-state index contributed by atoms with van der Waals surface area (Å²) in [6.07, 6.45) is 1.11. The predicted molar refractivity (Wildman–Crippen MR) is 90.7 cm³/mol. The van der Waals surface area contributed by atoms with Gasteiger partial charge in [0, 0.05) is 13.1 Å². The summed E-state index contributed by atoms with van der Waals surface area (Å²) in [5.74, 6) is 0.0778.